The fraction of sp³-hybridized carbons (Fsp3) is 0.273. The third kappa shape index (κ3) is 3.52. The van der Waals surface area contributed by atoms with Crippen molar-refractivity contribution in [2.45, 2.75) is 13.0 Å². The molecule has 0 aromatic heterocycles. The van der Waals surface area contributed by atoms with Gasteiger partial charge < -0.3 is 10.1 Å². The Morgan fingerprint density at radius 2 is 2.12 bits per heavy atom. The fourth-order valence-electron chi connectivity index (χ4n) is 1.18. The van der Waals surface area contributed by atoms with Gasteiger partial charge in [-0.05, 0) is 41.1 Å². The first-order valence-corrected chi connectivity index (χ1v) is 5.58. The van der Waals surface area contributed by atoms with Crippen molar-refractivity contribution >= 4 is 27.8 Å². The minimum Gasteiger partial charge on any atom is -0.467 e. The number of halogens is 2. The van der Waals surface area contributed by atoms with Gasteiger partial charge in [0.25, 0.3) is 5.91 Å². The average Bonchev–Trinajstić information content (AvgIpc) is 2.30. The highest BCUT2D eigenvalue weighted by atomic mass is 79.9. The fourth-order valence-corrected chi connectivity index (χ4v) is 1.61. The first kappa shape index (κ1) is 13.6. The lowest BCUT2D eigenvalue weighted by molar-refractivity contribution is -0.142. The van der Waals surface area contributed by atoms with Gasteiger partial charge in [0.05, 0.1) is 12.7 Å². The smallest absolute Gasteiger partial charge is 0.328 e. The summed E-state index contributed by atoms with van der Waals surface area (Å²) < 4.78 is 17.9. The van der Waals surface area contributed by atoms with E-state index in [-0.39, 0.29) is 5.56 Å². The van der Waals surface area contributed by atoms with Gasteiger partial charge in [0.1, 0.15) is 11.9 Å². The number of esters is 1. The second-order valence-electron chi connectivity index (χ2n) is 3.34. The molecular formula is C11H11BrFNO3. The molecule has 0 saturated heterocycles. The number of hydrogen-bond donors (Lipinski definition) is 1. The van der Waals surface area contributed by atoms with Crippen molar-refractivity contribution in [3.63, 3.8) is 0 Å². The zero-order valence-corrected chi connectivity index (χ0v) is 10.9. The predicted octanol–water partition coefficient (Wildman–Crippen LogP) is 1.88. The van der Waals surface area contributed by atoms with Gasteiger partial charge in [0.2, 0.25) is 0 Å². The van der Waals surface area contributed by atoms with E-state index in [9.17, 15) is 14.0 Å². The summed E-state index contributed by atoms with van der Waals surface area (Å²) >= 11 is 3.13. The number of carbonyl (C=O) groups excluding carboxylic acids is 2. The minimum atomic E-state index is -0.789. The van der Waals surface area contributed by atoms with Crippen molar-refractivity contribution in [1.82, 2.24) is 5.32 Å². The zero-order chi connectivity index (χ0) is 13.0. The number of carbonyl (C=O) groups is 2. The van der Waals surface area contributed by atoms with Crippen molar-refractivity contribution in [1.29, 1.82) is 0 Å². The van der Waals surface area contributed by atoms with Crippen LogP contribution in [0.4, 0.5) is 4.39 Å². The Bertz CT molecular complexity index is 450. The van der Waals surface area contributed by atoms with Crippen LogP contribution in [0.3, 0.4) is 0 Å². The summed E-state index contributed by atoms with van der Waals surface area (Å²) in [5.41, 5.74) is 0.126. The van der Waals surface area contributed by atoms with E-state index in [2.05, 4.69) is 26.0 Å². The van der Waals surface area contributed by atoms with E-state index in [0.29, 0.717) is 4.47 Å². The maximum absolute atomic E-state index is 13.0. The number of hydrogen-bond acceptors (Lipinski definition) is 3. The Morgan fingerprint density at radius 3 is 2.71 bits per heavy atom. The van der Waals surface area contributed by atoms with E-state index in [4.69, 9.17) is 0 Å². The first-order chi connectivity index (χ1) is 7.95. The summed E-state index contributed by atoms with van der Waals surface area (Å²) in [7, 11) is 1.23. The van der Waals surface area contributed by atoms with Crippen LogP contribution in [0, 0.1) is 5.82 Å². The average molecular weight is 304 g/mol. The molecule has 1 aromatic carbocycles. The molecule has 92 valence electrons. The molecule has 1 N–H and O–H groups in total. The van der Waals surface area contributed by atoms with E-state index >= 15 is 0 Å². The number of rotatable bonds is 3. The maximum atomic E-state index is 13.0. The molecule has 1 rings (SSSR count). The van der Waals surface area contributed by atoms with Gasteiger partial charge >= 0.3 is 5.97 Å². The van der Waals surface area contributed by atoms with Crippen molar-refractivity contribution in [3.05, 3.63) is 34.1 Å². The summed E-state index contributed by atoms with van der Waals surface area (Å²) in [5, 5.41) is 2.40. The maximum Gasteiger partial charge on any atom is 0.328 e. The van der Waals surface area contributed by atoms with Crippen LogP contribution in [0.5, 0.6) is 0 Å². The van der Waals surface area contributed by atoms with Crippen LogP contribution < -0.4 is 5.32 Å². The molecule has 0 aliphatic carbocycles. The molecule has 0 heterocycles. The van der Waals surface area contributed by atoms with Gasteiger partial charge in [-0.1, -0.05) is 0 Å². The van der Waals surface area contributed by atoms with Gasteiger partial charge in [0.15, 0.2) is 0 Å². The molecule has 0 fully saturated rings. The number of amides is 1. The van der Waals surface area contributed by atoms with E-state index < -0.39 is 23.7 Å². The molecular weight excluding hydrogens is 293 g/mol. The molecule has 0 aliphatic rings. The molecule has 0 unspecified atom stereocenters. The van der Waals surface area contributed by atoms with Crippen LogP contribution in [0.25, 0.3) is 0 Å². The lowest BCUT2D eigenvalue weighted by atomic mass is 10.2. The van der Waals surface area contributed by atoms with E-state index in [1.165, 1.54) is 26.2 Å². The molecule has 1 aromatic rings. The number of methoxy groups -OCH3 is 1. The topological polar surface area (TPSA) is 55.4 Å². The lowest BCUT2D eigenvalue weighted by Gasteiger charge is -2.12. The largest absolute Gasteiger partial charge is 0.467 e. The van der Waals surface area contributed by atoms with Crippen molar-refractivity contribution in [2.75, 3.05) is 7.11 Å². The lowest BCUT2D eigenvalue weighted by Crippen LogP contribution is -2.39. The summed E-state index contributed by atoms with van der Waals surface area (Å²) in [4.78, 5) is 22.8. The number of nitrogens with one attached hydrogen (secondary N) is 1. The zero-order valence-electron chi connectivity index (χ0n) is 9.29. The second-order valence-corrected chi connectivity index (χ2v) is 4.20. The van der Waals surface area contributed by atoms with Crippen LogP contribution in [-0.4, -0.2) is 25.0 Å². The van der Waals surface area contributed by atoms with Crippen molar-refractivity contribution in [3.8, 4) is 0 Å². The monoisotopic (exact) mass is 303 g/mol. The quantitative estimate of drug-likeness (QED) is 0.868. The van der Waals surface area contributed by atoms with Gasteiger partial charge in [-0.15, -0.1) is 0 Å². The molecule has 0 spiro atoms. The highest BCUT2D eigenvalue weighted by Gasteiger charge is 2.18. The highest BCUT2D eigenvalue weighted by Crippen LogP contribution is 2.17. The van der Waals surface area contributed by atoms with E-state index in [0.717, 1.165) is 6.07 Å². The molecule has 1 atom stereocenters. The molecule has 0 radical (unpaired) electrons. The Balaban J connectivity index is 2.83. The van der Waals surface area contributed by atoms with Crippen LogP contribution in [0.1, 0.15) is 17.3 Å². The molecule has 4 nitrogen and oxygen atoms in total. The van der Waals surface area contributed by atoms with E-state index in [1.54, 1.807) is 0 Å². The van der Waals surface area contributed by atoms with Gasteiger partial charge in [-0.25, -0.2) is 9.18 Å². The summed E-state index contributed by atoms with van der Waals surface area (Å²) in [6, 6.07) is 2.95. The third-order valence-corrected chi connectivity index (χ3v) is 2.77. The molecule has 0 aliphatic heterocycles. The van der Waals surface area contributed by atoms with Gasteiger partial charge in [0, 0.05) is 4.47 Å². The molecule has 0 saturated carbocycles. The van der Waals surface area contributed by atoms with Gasteiger partial charge in [-0.2, -0.15) is 0 Å². The Kier molecular flexibility index (Phi) is 4.62. The summed E-state index contributed by atoms with van der Waals surface area (Å²) in [6.45, 7) is 1.48. The van der Waals surface area contributed by atoms with Gasteiger partial charge in [-0.3, -0.25) is 4.79 Å². The predicted molar refractivity (Wildman–Crippen MR) is 63.0 cm³/mol. The SMILES string of the molecule is COC(=O)[C@H](C)NC(=O)c1cc(F)ccc1Br. The molecule has 1 amide bonds. The summed E-state index contributed by atoms with van der Waals surface area (Å²) in [6.07, 6.45) is 0. The minimum absolute atomic E-state index is 0.126. The second kappa shape index (κ2) is 5.77. The summed E-state index contributed by atoms with van der Waals surface area (Å²) in [5.74, 6) is -1.63. The molecule has 17 heavy (non-hydrogen) atoms. The first-order valence-electron chi connectivity index (χ1n) is 4.79. The Morgan fingerprint density at radius 1 is 1.47 bits per heavy atom. The van der Waals surface area contributed by atoms with E-state index in [1.807, 2.05) is 0 Å². The Hall–Kier alpha value is -1.43. The van der Waals surface area contributed by atoms with Crippen LogP contribution in [0.2, 0.25) is 0 Å². The van der Waals surface area contributed by atoms with Crippen molar-refractivity contribution in [2.24, 2.45) is 0 Å². The highest BCUT2D eigenvalue weighted by molar-refractivity contribution is 9.10. The number of ether oxygens (including phenoxy) is 1. The Labute approximate surface area is 106 Å². The molecule has 0 bridgehead atoms. The van der Waals surface area contributed by atoms with Crippen LogP contribution in [0.15, 0.2) is 22.7 Å². The molecule has 6 heteroatoms. The third-order valence-electron chi connectivity index (χ3n) is 2.08. The number of benzene rings is 1. The van der Waals surface area contributed by atoms with Crippen LogP contribution >= 0.6 is 15.9 Å². The van der Waals surface area contributed by atoms with Crippen LogP contribution in [-0.2, 0) is 9.53 Å². The normalized spacial score (nSPS) is 11.8. The standard InChI is InChI=1S/C11H11BrFNO3/c1-6(11(16)17-2)14-10(15)8-5-7(13)3-4-9(8)12/h3-6H,1-2H3,(H,14,15)/t6-/m0/s1. The van der Waals surface area contributed by atoms with Crippen molar-refractivity contribution < 1.29 is 18.7 Å².